The fourth-order valence-electron chi connectivity index (χ4n) is 1.29. The quantitative estimate of drug-likeness (QED) is 0.543. The summed E-state index contributed by atoms with van der Waals surface area (Å²) in [6.07, 6.45) is 3.66. The van der Waals surface area contributed by atoms with Crippen LogP contribution in [0, 0.1) is 0 Å². The Morgan fingerprint density at radius 1 is 1.57 bits per heavy atom. The first kappa shape index (κ1) is 11.5. The molecule has 1 atom stereocenters. The average molecular weight is 200 g/mol. The lowest BCUT2D eigenvalue weighted by Gasteiger charge is -2.10. The summed E-state index contributed by atoms with van der Waals surface area (Å²) in [5, 5.41) is 15.2. The van der Waals surface area contributed by atoms with Gasteiger partial charge >= 0.3 is 0 Å². The van der Waals surface area contributed by atoms with Crippen molar-refractivity contribution in [2.75, 3.05) is 13.1 Å². The highest BCUT2D eigenvalue weighted by Gasteiger charge is 2.22. The first-order chi connectivity index (χ1) is 6.72. The molecule has 82 valence electrons. The molecule has 14 heavy (non-hydrogen) atoms. The lowest BCUT2D eigenvalue weighted by molar-refractivity contribution is -0.120. The molecule has 0 bridgehead atoms. The normalized spacial score (nSPS) is 17.9. The molecule has 0 radical (unpaired) electrons. The molecule has 1 fully saturated rings. The summed E-state index contributed by atoms with van der Waals surface area (Å²) in [7, 11) is 0. The molecule has 0 spiro atoms. The van der Waals surface area contributed by atoms with Crippen LogP contribution in [-0.4, -0.2) is 36.2 Å². The molecular weight excluding hydrogens is 180 g/mol. The highest BCUT2D eigenvalue weighted by Crippen LogP contribution is 2.18. The maximum Gasteiger partial charge on any atom is 0.234 e. The zero-order valence-electron chi connectivity index (χ0n) is 8.75. The van der Waals surface area contributed by atoms with E-state index in [1.807, 2.05) is 6.92 Å². The Balaban J connectivity index is 1.93. The Morgan fingerprint density at radius 2 is 2.29 bits per heavy atom. The van der Waals surface area contributed by atoms with E-state index in [-0.39, 0.29) is 12.0 Å². The maximum atomic E-state index is 11.2. The molecule has 1 saturated carbocycles. The molecule has 4 heteroatoms. The first-order valence-corrected chi connectivity index (χ1v) is 5.40. The smallest absolute Gasteiger partial charge is 0.234 e. The molecule has 1 unspecified atom stereocenters. The predicted molar refractivity (Wildman–Crippen MR) is 54.9 cm³/mol. The first-order valence-electron chi connectivity index (χ1n) is 5.40. The molecule has 0 heterocycles. The number of hydrogen-bond donors (Lipinski definition) is 3. The number of hydrogen-bond acceptors (Lipinski definition) is 3. The van der Waals surface area contributed by atoms with Crippen molar-refractivity contribution < 1.29 is 9.90 Å². The van der Waals surface area contributed by atoms with Crippen molar-refractivity contribution in [1.29, 1.82) is 0 Å². The number of rotatable bonds is 7. The third kappa shape index (κ3) is 5.19. The molecule has 1 rings (SSSR count). The Labute approximate surface area is 85.1 Å². The van der Waals surface area contributed by atoms with Gasteiger partial charge < -0.3 is 15.7 Å². The monoisotopic (exact) mass is 200 g/mol. The van der Waals surface area contributed by atoms with E-state index in [0.29, 0.717) is 19.1 Å². The van der Waals surface area contributed by atoms with Crippen molar-refractivity contribution >= 4 is 5.91 Å². The summed E-state index contributed by atoms with van der Waals surface area (Å²) in [6, 6.07) is 0.421. The number of carbonyl (C=O) groups is 1. The van der Waals surface area contributed by atoms with Crippen molar-refractivity contribution in [1.82, 2.24) is 10.6 Å². The summed E-state index contributed by atoms with van der Waals surface area (Å²) in [5.74, 6) is 0.0381. The number of amides is 1. The van der Waals surface area contributed by atoms with Crippen LogP contribution in [0.3, 0.4) is 0 Å². The van der Waals surface area contributed by atoms with Crippen molar-refractivity contribution in [2.24, 2.45) is 0 Å². The standard InChI is InChI=1S/C10H20N2O2/c1-2-3-9(13)6-11-7-10(14)12-8-4-5-8/h8-9,11,13H,2-7H2,1H3,(H,12,14). The van der Waals surface area contributed by atoms with Gasteiger partial charge in [-0.15, -0.1) is 0 Å². The zero-order chi connectivity index (χ0) is 10.4. The molecule has 1 amide bonds. The van der Waals surface area contributed by atoms with Crippen molar-refractivity contribution in [3.05, 3.63) is 0 Å². The van der Waals surface area contributed by atoms with E-state index in [4.69, 9.17) is 0 Å². The summed E-state index contributed by atoms with van der Waals surface area (Å²) in [5.41, 5.74) is 0. The lowest BCUT2D eigenvalue weighted by Crippen LogP contribution is -2.38. The van der Waals surface area contributed by atoms with E-state index in [1.165, 1.54) is 0 Å². The molecule has 0 saturated heterocycles. The number of aliphatic hydroxyl groups excluding tert-OH is 1. The van der Waals surface area contributed by atoms with Gasteiger partial charge in [0.2, 0.25) is 5.91 Å². The molecule has 0 aromatic carbocycles. The molecule has 3 N–H and O–H groups in total. The summed E-state index contributed by atoms with van der Waals surface area (Å²) in [6.45, 7) is 2.85. The van der Waals surface area contributed by atoms with Crippen LogP contribution in [0.2, 0.25) is 0 Å². The lowest BCUT2D eigenvalue weighted by atomic mass is 10.2. The molecule has 1 aliphatic rings. The van der Waals surface area contributed by atoms with Crippen LogP contribution in [-0.2, 0) is 4.79 Å². The minimum atomic E-state index is -0.325. The Kier molecular flexibility index (Phi) is 4.90. The third-order valence-electron chi connectivity index (χ3n) is 2.23. The molecule has 0 aromatic heterocycles. The second-order valence-electron chi connectivity index (χ2n) is 3.92. The number of aliphatic hydroxyl groups is 1. The summed E-state index contributed by atoms with van der Waals surface area (Å²) >= 11 is 0. The van der Waals surface area contributed by atoms with Gasteiger partial charge in [0.05, 0.1) is 12.6 Å². The van der Waals surface area contributed by atoms with Gasteiger partial charge in [0.25, 0.3) is 0 Å². The molecule has 0 aliphatic heterocycles. The van der Waals surface area contributed by atoms with E-state index < -0.39 is 0 Å². The average Bonchev–Trinajstić information content (AvgIpc) is 2.88. The van der Waals surface area contributed by atoms with Crippen LogP contribution in [0.4, 0.5) is 0 Å². The number of carbonyl (C=O) groups excluding carboxylic acids is 1. The van der Waals surface area contributed by atoms with Crippen LogP contribution in [0.1, 0.15) is 32.6 Å². The SMILES string of the molecule is CCCC(O)CNCC(=O)NC1CC1. The van der Waals surface area contributed by atoms with Gasteiger partial charge in [-0.05, 0) is 19.3 Å². The third-order valence-corrected chi connectivity index (χ3v) is 2.23. The maximum absolute atomic E-state index is 11.2. The van der Waals surface area contributed by atoms with Crippen LogP contribution >= 0.6 is 0 Å². The van der Waals surface area contributed by atoms with Gasteiger partial charge in [-0.3, -0.25) is 4.79 Å². The Morgan fingerprint density at radius 3 is 2.86 bits per heavy atom. The highest BCUT2D eigenvalue weighted by atomic mass is 16.3. The fraction of sp³-hybridized carbons (Fsp3) is 0.900. The van der Waals surface area contributed by atoms with Gasteiger partial charge in [-0.1, -0.05) is 13.3 Å². The Bertz CT molecular complexity index is 181. The van der Waals surface area contributed by atoms with Gasteiger partial charge in [0, 0.05) is 12.6 Å². The zero-order valence-corrected chi connectivity index (χ0v) is 8.75. The minimum absolute atomic E-state index is 0.0381. The van der Waals surface area contributed by atoms with E-state index in [9.17, 15) is 9.90 Å². The molecule has 0 aromatic rings. The van der Waals surface area contributed by atoms with Crippen molar-refractivity contribution in [3.8, 4) is 0 Å². The van der Waals surface area contributed by atoms with E-state index >= 15 is 0 Å². The van der Waals surface area contributed by atoms with Crippen LogP contribution in [0.25, 0.3) is 0 Å². The van der Waals surface area contributed by atoms with Crippen molar-refractivity contribution in [2.45, 2.75) is 44.8 Å². The van der Waals surface area contributed by atoms with E-state index in [1.54, 1.807) is 0 Å². The van der Waals surface area contributed by atoms with Crippen LogP contribution in [0.5, 0.6) is 0 Å². The Hall–Kier alpha value is -0.610. The fourth-order valence-corrected chi connectivity index (χ4v) is 1.29. The van der Waals surface area contributed by atoms with Gasteiger partial charge in [0.15, 0.2) is 0 Å². The largest absolute Gasteiger partial charge is 0.392 e. The van der Waals surface area contributed by atoms with Crippen LogP contribution in [0.15, 0.2) is 0 Å². The topological polar surface area (TPSA) is 61.4 Å². The molecule has 4 nitrogen and oxygen atoms in total. The van der Waals surface area contributed by atoms with E-state index in [2.05, 4.69) is 10.6 Å². The molecular formula is C10H20N2O2. The molecule has 1 aliphatic carbocycles. The van der Waals surface area contributed by atoms with Gasteiger partial charge in [-0.2, -0.15) is 0 Å². The summed E-state index contributed by atoms with van der Waals surface area (Å²) in [4.78, 5) is 11.2. The summed E-state index contributed by atoms with van der Waals surface area (Å²) < 4.78 is 0. The minimum Gasteiger partial charge on any atom is -0.392 e. The predicted octanol–water partition coefficient (Wildman–Crippen LogP) is 0.0156. The van der Waals surface area contributed by atoms with E-state index in [0.717, 1.165) is 25.7 Å². The second-order valence-corrected chi connectivity index (χ2v) is 3.92. The van der Waals surface area contributed by atoms with Crippen LogP contribution < -0.4 is 10.6 Å². The highest BCUT2D eigenvalue weighted by molar-refractivity contribution is 5.78. The number of nitrogens with one attached hydrogen (secondary N) is 2. The van der Waals surface area contributed by atoms with Gasteiger partial charge in [-0.25, -0.2) is 0 Å². The van der Waals surface area contributed by atoms with Crippen molar-refractivity contribution in [3.63, 3.8) is 0 Å². The van der Waals surface area contributed by atoms with Gasteiger partial charge in [0.1, 0.15) is 0 Å². The second kappa shape index (κ2) is 5.98.